The van der Waals surface area contributed by atoms with E-state index in [9.17, 15) is 9.59 Å². The lowest BCUT2D eigenvalue weighted by molar-refractivity contribution is -0.125. The van der Waals surface area contributed by atoms with Crippen molar-refractivity contribution in [2.75, 3.05) is 20.2 Å². The number of pyridine rings is 1. The molecule has 1 fully saturated rings. The predicted molar refractivity (Wildman–Crippen MR) is 149 cm³/mol. The van der Waals surface area contributed by atoms with E-state index in [2.05, 4.69) is 28.5 Å². The number of benzene rings is 1. The van der Waals surface area contributed by atoms with Crippen molar-refractivity contribution >= 4 is 23.2 Å². The maximum atomic E-state index is 15.4. The van der Waals surface area contributed by atoms with Crippen molar-refractivity contribution in [1.82, 2.24) is 14.8 Å². The van der Waals surface area contributed by atoms with Crippen LogP contribution in [0.3, 0.4) is 0 Å². The number of hydrogen-bond acceptors (Lipinski definition) is 6. The fourth-order valence-corrected chi connectivity index (χ4v) is 5.34. The van der Waals surface area contributed by atoms with E-state index in [0.29, 0.717) is 34.8 Å². The van der Waals surface area contributed by atoms with Crippen LogP contribution in [0.4, 0.5) is 4.39 Å². The highest BCUT2D eigenvalue weighted by Crippen LogP contribution is 2.33. The average Bonchev–Trinajstić information content (AvgIpc) is 3.19. The monoisotopic (exact) mass is 528 g/mol. The fourth-order valence-electron chi connectivity index (χ4n) is 5.34. The Labute approximate surface area is 228 Å². The number of methoxy groups -OCH3 is 1. The molecule has 1 atom stereocenters. The lowest BCUT2D eigenvalue weighted by atomic mass is 9.97. The molecular formula is C31H33FN4O3. The second-order valence-corrected chi connectivity index (χ2v) is 10.1. The van der Waals surface area contributed by atoms with Crippen molar-refractivity contribution in [1.29, 1.82) is 0 Å². The highest BCUT2D eigenvalue weighted by Gasteiger charge is 2.30. The molecule has 8 heteroatoms. The van der Waals surface area contributed by atoms with Crippen molar-refractivity contribution in [3.63, 3.8) is 0 Å². The number of rotatable bonds is 5. The number of halogens is 1. The molecule has 0 saturated carbocycles. The van der Waals surface area contributed by atoms with Crippen molar-refractivity contribution in [2.24, 2.45) is 4.99 Å². The summed E-state index contributed by atoms with van der Waals surface area (Å²) in [4.78, 5) is 38.1. The summed E-state index contributed by atoms with van der Waals surface area (Å²) in [6, 6.07) is 8.50. The number of aromatic nitrogens is 1. The van der Waals surface area contributed by atoms with Gasteiger partial charge in [0, 0.05) is 42.2 Å². The Morgan fingerprint density at radius 1 is 1.10 bits per heavy atom. The van der Waals surface area contributed by atoms with E-state index in [1.165, 1.54) is 19.4 Å². The summed E-state index contributed by atoms with van der Waals surface area (Å²) in [6.07, 6.45) is 12.3. The highest BCUT2D eigenvalue weighted by atomic mass is 19.1. The van der Waals surface area contributed by atoms with E-state index in [1.807, 2.05) is 29.2 Å². The number of carbonyl (C=O) groups is 2. The van der Waals surface area contributed by atoms with Crippen LogP contribution in [0, 0.1) is 5.82 Å². The first-order chi connectivity index (χ1) is 18.9. The maximum Gasteiger partial charge on any atom is 0.356 e. The molecule has 5 rings (SSSR count). The summed E-state index contributed by atoms with van der Waals surface area (Å²) >= 11 is 0. The number of hydrogen-bond donors (Lipinski definition) is 0. The molecule has 0 unspecified atom stereocenters. The van der Waals surface area contributed by atoms with Gasteiger partial charge in [-0.05, 0) is 61.6 Å². The number of aliphatic imine (C=N–C) groups is 1. The molecular weight excluding hydrogens is 495 g/mol. The highest BCUT2D eigenvalue weighted by molar-refractivity contribution is 6.43. The van der Waals surface area contributed by atoms with E-state index >= 15 is 4.39 Å². The number of nitrogens with zero attached hydrogens (tertiary/aromatic N) is 4. The van der Waals surface area contributed by atoms with Crippen molar-refractivity contribution in [3.8, 4) is 11.1 Å². The van der Waals surface area contributed by atoms with E-state index in [-0.39, 0.29) is 23.5 Å². The van der Waals surface area contributed by atoms with Crippen LogP contribution in [0.2, 0.25) is 0 Å². The second kappa shape index (κ2) is 11.4. The van der Waals surface area contributed by atoms with Crippen molar-refractivity contribution in [2.45, 2.75) is 52.0 Å². The molecule has 1 amide bonds. The van der Waals surface area contributed by atoms with Gasteiger partial charge in [0.05, 0.1) is 7.11 Å². The fraction of sp³-hybridized carbons (Fsp3) is 0.355. The molecule has 0 N–H and O–H groups in total. The molecule has 2 aromatic rings. The largest absolute Gasteiger partial charge is 0.464 e. The quantitative estimate of drug-likeness (QED) is 0.462. The molecule has 1 aromatic carbocycles. The summed E-state index contributed by atoms with van der Waals surface area (Å²) in [5.41, 5.74) is 4.19. The minimum atomic E-state index is -0.522. The Balaban J connectivity index is 1.41. The van der Waals surface area contributed by atoms with Gasteiger partial charge in [0.1, 0.15) is 23.0 Å². The number of allylic oxidation sites excluding steroid dienone is 3. The molecule has 0 spiro atoms. The Bertz CT molecular complexity index is 1410. The molecule has 4 heterocycles. The van der Waals surface area contributed by atoms with Gasteiger partial charge in [0.15, 0.2) is 0 Å². The summed E-state index contributed by atoms with van der Waals surface area (Å²) in [7, 11) is 1.30. The second-order valence-electron chi connectivity index (χ2n) is 10.1. The molecule has 0 aliphatic carbocycles. The lowest BCUT2D eigenvalue weighted by Crippen LogP contribution is -2.43. The number of amides is 1. The number of esters is 1. The molecule has 3 aliphatic heterocycles. The van der Waals surface area contributed by atoms with Crippen molar-refractivity contribution < 1.29 is 18.7 Å². The predicted octanol–water partition coefficient (Wildman–Crippen LogP) is 5.75. The average molecular weight is 529 g/mol. The van der Waals surface area contributed by atoms with Crippen LogP contribution < -0.4 is 0 Å². The molecule has 0 bridgehead atoms. The number of likely N-dealkylation sites (tertiary alicyclic amines) is 1. The number of ether oxygens (including phenoxy) is 1. The Hall–Kier alpha value is -4.07. The normalized spacial score (nSPS) is 19.2. The van der Waals surface area contributed by atoms with E-state index in [4.69, 9.17) is 4.99 Å². The summed E-state index contributed by atoms with van der Waals surface area (Å²) < 4.78 is 20.1. The summed E-state index contributed by atoms with van der Waals surface area (Å²) in [6.45, 7) is 5.47. The zero-order valence-corrected chi connectivity index (χ0v) is 22.6. The van der Waals surface area contributed by atoms with Gasteiger partial charge in [-0.1, -0.05) is 44.0 Å². The number of fused-ring (bicyclic) bond motifs is 1. The van der Waals surface area contributed by atoms with Gasteiger partial charge >= 0.3 is 5.97 Å². The molecule has 1 saturated heterocycles. The summed E-state index contributed by atoms with van der Waals surface area (Å²) in [5, 5.41) is 0. The first kappa shape index (κ1) is 26.5. The SMILES string of the molecule is CCC1=CC(C(=O)N2CCCCC[C@H]2C)=NC2=CC(c3ccc(-c4ccc(C(=O)OC)nc4)cc3F)=CCN12. The van der Waals surface area contributed by atoms with Crippen LogP contribution >= 0.6 is 0 Å². The van der Waals surface area contributed by atoms with Crippen LogP contribution in [0.25, 0.3) is 16.7 Å². The zero-order valence-electron chi connectivity index (χ0n) is 22.6. The standard InChI is InChI=1S/C31H33FN4O3/c1-4-24-18-28(30(37)35-14-7-5-6-8-20(35)2)34-29-17-22(13-15-36(24)29)25-11-9-21(16-26(25)32)23-10-12-27(33-19-23)31(38)39-3/h9-13,16-20H,4-8,14-15H2,1-3H3/t20-/m1/s1. The smallest absolute Gasteiger partial charge is 0.356 e. The van der Waals surface area contributed by atoms with Gasteiger partial charge in [0.2, 0.25) is 0 Å². The molecule has 39 heavy (non-hydrogen) atoms. The van der Waals surface area contributed by atoms with E-state index in [1.54, 1.807) is 18.2 Å². The van der Waals surface area contributed by atoms with Crippen LogP contribution in [-0.4, -0.2) is 58.6 Å². The third-order valence-corrected chi connectivity index (χ3v) is 7.61. The maximum absolute atomic E-state index is 15.4. The number of carbonyl (C=O) groups excluding carboxylic acids is 2. The Morgan fingerprint density at radius 3 is 2.64 bits per heavy atom. The van der Waals surface area contributed by atoms with E-state index in [0.717, 1.165) is 49.9 Å². The minimum absolute atomic E-state index is 0.0330. The molecule has 7 nitrogen and oxygen atoms in total. The Morgan fingerprint density at radius 2 is 1.92 bits per heavy atom. The van der Waals surface area contributed by atoms with Crippen LogP contribution in [0.5, 0.6) is 0 Å². The third-order valence-electron chi connectivity index (χ3n) is 7.61. The molecule has 1 aromatic heterocycles. The lowest BCUT2D eigenvalue weighted by Gasteiger charge is -2.34. The van der Waals surface area contributed by atoms with Gasteiger partial charge in [-0.15, -0.1) is 0 Å². The molecule has 202 valence electrons. The van der Waals surface area contributed by atoms with Gasteiger partial charge in [-0.2, -0.15) is 0 Å². The van der Waals surface area contributed by atoms with Crippen LogP contribution in [0.15, 0.2) is 71.3 Å². The molecule has 0 radical (unpaired) electrons. The first-order valence-corrected chi connectivity index (χ1v) is 13.5. The van der Waals surface area contributed by atoms with Gasteiger partial charge in [-0.3, -0.25) is 4.79 Å². The van der Waals surface area contributed by atoms with Crippen molar-refractivity contribution in [3.05, 3.63) is 83.3 Å². The summed E-state index contributed by atoms with van der Waals surface area (Å²) in [5.74, 6) is -0.272. The zero-order chi connectivity index (χ0) is 27.5. The minimum Gasteiger partial charge on any atom is -0.464 e. The van der Waals surface area contributed by atoms with E-state index < -0.39 is 5.97 Å². The van der Waals surface area contributed by atoms with Gasteiger partial charge < -0.3 is 14.5 Å². The first-order valence-electron chi connectivity index (χ1n) is 13.5. The van der Waals surface area contributed by atoms with Gasteiger partial charge in [-0.25, -0.2) is 19.2 Å². The third kappa shape index (κ3) is 5.41. The van der Waals surface area contributed by atoms with Crippen LogP contribution in [-0.2, 0) is 9.53 Å². The molecule has 3 aliphatic rings. The van der Waals surface area contributed by atoms with Gasteiger partial charge in [0.25, 0.3) is 5.91 Å². The van der Waals surface area contributed by atoms with Crippen LogP contribution in [0.1, 0.15) is 62.0 Å². The Kier molecular flexibility index (Phi) is 7.72. The topological polar surface area (TPSA) is 75.1 Å².